The van der Waals surface area contributed by atoms with Crippen molar-refractivity contribution in [2.24, 2.45) is 0 Å². The fourth-order valence-electron chi connectivity index (χ4n) is 2.50. The van der Waals surface area contributed by atoms with Gasteiger partial charge in [-0.25, -0.2) is 4.79 Å². The lowest BCUT2D eigenvalue weighted by atomic mass is 10.2. The van der Waals surface area contributed by atoms with Crippen molar-refractivity contribution in [3.8, 4) is 0 Å². The molecule has 118 valence electrons. The molecule has 1 fully saturated rings. The Hall–Kier alpha value is -1.25. The predicted molar refractivity (Wildman–Crippen MR) is 82.6 cm³/mol. The van der Waals surface area contributed by atoms with Crippen molar-refractivity contribution < 1.29 is 9.53 Å². The number of amides is 2. The lowest BCUT2D eigenvalue weighted by Gasteiger charge is -2.35. The summed E-state index contributed by atoms with van der Waals surface area (Å²) < 4.78 is 5.71. The fraction of sp³-hybridized carbons (Fsp3) is 0.769. The molecular formula is C13H23N5O2S. The van der Waals surface area contributed by atoms with Gasteiger partial charge in [-0.3, -0.25) is 10.2 Å². The van der Waals surface area contributed by atoms with E-state index in [0.29, 0.717) is 23.9 Å². The third-order valence-electron chi connectivity index (χ3n) is 3.26. The van der Waals surface area contributed by atoms with Gasteiger partial charge in [0.1, 0.15) is 5.51 Å². The first kappa shape index (κ1) is 16.1. The number of nitrogens with one attached hydrogen (secondary N) is 2. The summed E-state index contributed by atoms with van der Waals surface area (Å²) >= 11 is 1.30. The van der Waals surface area contributed by atoms with Crippen LogP contribution in [0.5, 0.6) is 0 Å². The van der Waals surface area contributed by atoms with Crippen molar-refractivity contribution in [3.05, 3.63) is 5.51 Å². The van der Waals surface area contributed by atoms with E-state index in [-0.39, 0.29) is 6.03 Å². The molecule has 1 saturated heterocycles. The third kappa shape index (κ3) is 5.94. The van der Waals surface area contributed by atoms with Gasteiger partial charge in [0.25, 0.3) is 0 Å². The molecule has 21 heavy (non-hydrogen) atoms. The Labute approximate surface area is 129 Å². The number of anilines is 1. The molecule has 0 aromatic carbocycles. The molecule has 0 saturated carbocycles. The molecule has 1 aliphatic rings. The largest absolute Gasteiger partial charge is 0.373 e. The SMILES string of the molecule is C[C@@H]1CN(CCCCNC(=O)Nc2nncs2)C[C@H](C)O1. The van der Waals surface area contributed by atoms with Gasteiger partial charge in [0, 0.05) is 19.6 Å². The number of urea groups is 1. The molecule has 2 rings (SSSR count). The minimum absolute atomic E-state index is 0.222. The van der Waals surface area contributed by atoms with Crippen LogP contribution in [-0.4, -0.2) is 59.5 Å². The predicted octanol–water partition coefficient (Wildman–Crippen LogP) is 1.55. The minimum Gasteiger partial charge on any atom is -0.373 e. The van der Waals surface area contributed by atoms with Gasteiger partial charge in [0.2, 0.25) is 5.13 Å². The Bertz CT molecular complexity index is 418. The van der Waals surface area contributed by atoms with Crippen molar-refractivity contribution in [2.75, 3.05) is 31.5 Å². The van der Waals surface area contributed by atoms with Crippen molar-refractivity contribution in [1.29, 1.82) is 0 Å². The van der Waals surface area contributed by atoms with Crippen LogP contribution in [0.3, 0.4) is 0 Å². The first-order chi connectivity index (χ1) is 10.1. The van der Waals surface area contributed by atoms with Crippen LogP contribution in [0.1, 0.15) is 26.7 Å². The van der Waals surface area contributed by atoms with Crippen molar-refractivity contribution >= 4 is 22.5 Å². The number of ether oxygens (including phenoxy) is 1. The van der Waals surface area contributed by atoms with Crippen LogP contribution in [0.25, 0.3) is 0 Å². The molecular weight excluding hydrogens is 290 g/mol. The summed E-state index contributed by atoms with van der Waals surface area (Å²) in [6, 6.07) is -0.222. The quantitative estimate of drug-likeness (QED) is 0.779. The highest BCUT2D eigenvalue weighted by Gasteiger charge is 2.21. The van der Waals surface area contributed by atoms with E-state index >= 15 is 0 Å². The van der Waals surface area contributed by atoms with Gasteiger partial charge in [-0.2, -0.15) is 0 Å². The highest BCUT2D eigenvalue weighted by atomic mass is 32.1. The second-order valence-electron chi connectivity index (χ2n) is 5.35. The summed E-state index contributed by atoms with van der Waals surface area (Å²) in [6.45, 7) is 7.94. The average molecular weight is 313 g/mol. The van der Waals surface area contributed by atoms with Gasteiger partial charge in [-0.05, 0) is 33.2 Å². The first-order valence-corrected chi connectivity index (χ1v) is 8.20. The van der Waals surface area contributed by atoms with E-state index in [2.05, 4.69) is 39.6 Å². The average Bonchev–Trinajstić information content (AvgIpc) is 2.90. The maximum absolute atomic E-state index is 11.6. The van der Waals surface area contributed by atoms with Crippen LogP contribution >= 0.6 is 11.3 Å². The lowest BCUT2D eigenvalue weighted by molar-refractivity contribution is -0.0681. The summed E-state index contributed by atoms with van der Waals surface area (Å²) in [5.74, 6) is 0. The maximum Gasteiger partial charge on any atom is 0.321 e. The number of morpholine rings is 1. The van der Waals surface area contributed by atoms with Gasteiger partial charge >= 0.3 is 6.03 Å². The van der Waals surface area contributed by atoms with E-state index in [1.165, 1.54) is 11.3 Å². The molecule has 8 heteroatoms. The molecule has 7 nitrogen and oxygen atoms in total. The standard InChI is InChI=1S/C13H23N5O2S/c1-10-7-18(8-11(2)20-10)6-4-3-5-14-12(19)16-13-17-15-9-21-13/h9-11H,3-8H2,1-2H3,(H2,14,16,17,19)/t10-,11+. The number of nitrogens with zero attached hydrogens (tertiary/aromatic N) is 3. The van der Waals surface area contributed by atoms with Crippen molar-refractivity contribution in [2.45, 2.75) is 38.9 Å². The molecule has 2 N–H and O–H groups in total. The van der Waals surface area contributed by atoms with Crippen LogP contribution in [-0.2, 0) is 4.74 Å². The molecule has 1 aromatic rings. The van der Waals surface area contributed by atoms with Gasteiger partial charge in [0.05, 0.1) is 12.2 Å². The monoisotopic (exact) mass is 313 g/mol. The van der Waals surface area contributed by atoms with Gasteiger partial charge < -0.3 is 10.1 Å². The molecule has 0 aliphatic carbocycles. The normalized spacial score (nSPS) is 23.0. The van der Waals surface area contributed by atoms with Crippen molar-refractivity contribution in [1.82, 2.24) is 20.4 Å². The minimum atomic E-state index is -0.222. The van der Waals surface area contributed by atoms with Gasteiger partial charge in [-0.15, -0.1) is 10.2 Å². The maximum atomic E-state index is 11.6. The number of rotatable bonds is 6. The van der Waals surface area contributed by atoms with E-state index in [0.717, 1.165) is 32.5 Å². The summed E-state index contributed by atoms with van der Waals surface area (Å²) in [6.07, 6.45) is 2.65. The summed E-state index contributed by atoms with van der Waals surface area (Å²) in [5, 5.41) is 13.4. The number of unbranched alkanes of at least 4 members (excludes halogenated alkanes) is 1. The number of hydrogen-bond donors (Lipinski definition) is 2. The highest BCUT2D eigenvalue weighted by molar-refractivity contribution is 7.13. The summed E-state index contributed by atoms with van der Waals surface area (Å²) in [4.78, 5) is 14.0. The van der Waals surface area contributed by atoms with Crippen LogP contribution in [0.2, 0.25) is 0 Å². The van der Waals surface area contributed by atoms with E-state index in [4.69, 9.17) is 4.74 Å². The zero-order chi connectivity index (χ0) is 15.1. The molecule has 0 unspecified atom stereocenters. The zero-order valence-corrected chi connectivity index (χ0v) is 13.4. The van der Waals surface area contributed by atoms with Crippen molar-refractivity contribution in [3.63, 3.8) is 0 Å². The second kappa shape index (κ2) is 8.26. The smallest absolute Gasteiger partial charge is 0.321 e. The second-order valence-corrected chi connectivity index (χ2v) is 6.18. The first-order valence-electron chi connectivity index (χ1n) is 7.32. The molecule has 2 heterocycles. The number of carbonyl (C=O) groups excluding carboxylic acids is 1. The fourth-order valence-corrected chi connectivity index (χ4v) is 2.94. The summed E-state index contributed by atoms with van der Waals surface area (Å²) in [5.41, 5.74) is 1.58. The van der Waals surface area contributed by atoms with E-state index in [9.17, 15) is 4.79 Å². The molecule has 2 amide bonds. The van der Waals surface area contributed by atoms with Crippen LogP contribution < -0.4 is 10.6 Å². The Morgan fingerprint density at radius 2 is 2.19 bits per heavy atom. The number of aromatic nitrogens is 2. The molecule has 2 atom stereocenters. The summed E-state index contributed by atoms with van der Waals surface area (Å²) in [7, 11) is 0. The van der Waals surface area contributed by atoms with E-state index in [1.807, 2.05) is 0 Å². The van der Waals surface area contributed by atoms with E-state index in [1.54, 1.807) is 5.51 Å². The molecule has 0 bridgehead atoms. The number of carbonyl (C=O) groups is 1. The third-order valence-corrected chi connectivity index (χ3v) is 3.87. The molecule has 0 spiro atoms. The highest BCUT2D eigenvalue weighted by Crippen LogP contribution is 2.11. The molecule has 1 aliphatic heterocycles. The van der Waals surface area contributed by atoms with Crippen LogP contribution in [0.15, 0.2) is 5.51 Å². The lowest BCUT2D eigenvalue weighted by Crippen LogP contribution is -2.45. The zero-order valence-electron chi connectivity index (χ0n) is 12.5. The Kier molecular flexibility index (Phi) is 6.34. The molecule has 0 radical (unpaired) electrons. The topological polar surface area (TPSA) is 79.4 Å². The number of hydrogen-bond acceptors (Lipinski definition) is 6. The Morgan fingerprint density at radius 1 is 1.43 bits per heavy atom. The van der Waals surface area contributed by atoms with Crippen LogP contribution in [0, 0.1) is 0 Å². The van der Waals surface area contributed by atoms with Crippen LogP contribution in [0.4, 0.5) is 9.93 Å². The van der Waals surface area contributed by atoms with Gasteiger partial charge in [0.15, 0.2) is 0 Å². The Morgan fingerprint density at radius 3 is 2.86 bits per heavy atom. The Balaban J connectivity index is 1.52. The molecule has 1 aromatic heterocycles. The van der Waals surface area contributed by atoms with Gasteiger partial charge in [-0.1, -0.05) is 11.3 Å². The van der Waals surface area contributed by atoms with E-state index < -0.39 is 0 Å².